The van der Waals surface area contributed by atoms with Crippen LogP contribution < -0.4 is 15.2 Å². The van der Waals surface area contributed by atoms with Crippen molar-refractivity contribution in [1.82, 2.24) is 4.90 Å². The van der Waals surface area contributed by atoms with Gasteiger partial charge in [0.25, 0.3) is 0 Å². The summed E-state index contributed by atoms with van der Waals surface area (Å²) in [4.78, 5) is 2.48. The quantitative estimate of drug-likeness (QED) is 0.838. The zero-order valence-electron chi connectivity index (χ0n) is 13.3. The molecule has 1 heterocycles. The molecule has 0 spiro atoms. The molecule has 2 rings (SSSR count). The summed E-state index contributed by atoms with van der Waals surface area (Å²) in [6.07, 6.45) is 4.79. The van der Waals surface area contributed by atoms with Crippen LogP contribution >= 0.6 is 0 Å². The van der Waals surface area contributed by atoms with E-state index in [1.807, 2.05) is 19.1 Å². The number of piperidine rings is 1. The number of para-hydroxylation sites is 1. The van der Waals surface area contributed by atoms with Crippen molar-refractivity contribution in [3.8, 4) is 11.5 Å². The van der Waals surface area contributed by atoms with E-state index in [1.165, 1.54) is 32.4 Å². The first-order chi connectivity index (χ1) is 10.2. The lowest BCUT2D eigenvalue weighted by Crippen LogP contribution is -2.33. The molecular weight excluding hydrogens is 264 g/mol. The van der Waals surface area contributed by atoms with Gasteiger partial charge in [-0.05, 0) is 50.9 Å². The topological polar surface area (TPSA) is 47.7 Å². The normalized spacial score (nSPS) is 17.5. The highest BCUT2D eigenvalue weighted by molar-refractivity contribution is 5.47. The summed E-state index contributed by atoms with van der Waals surface area (Å²) in [7, 11) is 1.68. The van der Waals surface area contributed by atoms with Gasteiger partial charge in [-0.2, -0.15) is 0 Å². The average Bonchev–Trinajstić information content (AvgIpc) is 2.49. The lowest BCUT2D eigenvalue weighted by atomic mass is 10.1. The van der Waals surface area contributed by atoms with Gasteiger partial charge in [-0.1, -0.05) is 18.6 Å². The van der Waals surface area contributed by atoms with Crippen LogP contribution in [0.5, 0.6) is 11.5 Å². The second kappa shape index (κ2) is 8.25. The lowest BCUT2D eigenvalue weighted by molar-refractivity contribution is 0.180. The van der Waals surface area contributed by atoms with Crippen molar-refractivity contribution >= 4 is 0 Å². The Balaban J connectivity index is 1.96. The summed E-state index contributed by atoms with van der Waals surface area (Å²) in [6, 6.07) is 6.12. The molecule has 4 heteroatoms. The number of hydrogen-bond acceptors (Lipinski definition) is 4. The Bertz CT molecular complexity index is 429. The third-order valence-electron chi connectivity index (χ3n) is 3.92. The second-order valence-corrected chi connectivity index (χ2v) is 5.88. The number of nitrogens with two attached hydrogens (primary N) is 1. The van der Waals surface area contributed by atoms with E-state index in [-0.39, 0.29) is 6.04 Å². The summed E-state index contributed by atoms with van der Waals surface area (Å²) in [6.45, 7) is 6.09. The fourth-order valence-corrected chi connectivity index (χ4v) is 2.85. The minimum Gasteiger partial charge on any atom is -0.493 e. The molecule has 0 amide bonds. The highest BCUT2D eigenvalue weighted by Gasteiger charge is 2.14. The summed E-state index contributed by atoms with van der Waals surface area (Å²) in [5, 5.41) is 0. The van der Waals surface area contributed by atoms with Gasteiger partial charge in [-0.15, -0.1) is 0 Å². The molecular formula is C17H28N2O2. The summed E-state index contributed by atoms with van der Waals surface area (Å²) >= 11 is 0. The molecule has 0 aliphatic carbocycles. The molecule has 1 fully saturated rings. The van der Waals surface area contributed by atoms with E-state index in [9.17, 15) is 0 Å². The van der Waals surface area contributed by atoms with Gasteiger partial charge in [0.05, 0.1) is 7.11 Å². The van der Waals surface area contributed by atoms with Gasteiger partial charge >= 0.3 is 0 Å². The Kier molecular flexibility index (Phi) is 6.33. The van der Waals surface area contributed by atoms with Crippen molar-refractivity contribution in [3.63, 3.8) is 0 Å². The van der Waals surface area contributed by atoms with Crippen molar-refractivity contribution in [2.24, 2.45) is 5.73 Å². The summed E-state index contributed by atoms with van der Waals surface area (Å²) in [5.41, 5.74) is 7.05. The average molecular weight is 292 g/mol. The van der Waals surface area contributed by atoms with Crippen molar-refractivity contribution < 1.29 is 9.47 Å². The van der Waals surface area contributed by atoms with Gasteiger partial charge in [-0.25, -0.2) is 0 Å². The molecule has 1 unspecified atom stereocenters. The molecule has 0 radical (unpaired) electrons. The summed E-state index contributed by atoms with van der Waals surface area (Å²) in [5.74, 6) is 1.65. The number of methoxy groups -OCH3 is 1. The molecule has 118 valence electrons. The number of benzene rings is 1. The first-order valence-corrected chi connectivity index (χ1v) is 7.97. The second-order valence-electron chi connectivity index (χ2n) is 5.88. The maximum absolute atomic E-state index is 6.04. The van der Waals surface area contributed by atoms with Crippen LogP contribution in [-0.2, 0) is 6.42 Å². The number of hydrogen-bond donors (Lipinski definition) is 1. The number of nitrogens with zero attached hydrogens (tertiary/aromatic N) is 1. The van der Waals surface area contributed by atoms with Crippen LogP contribution in [0.25, 0.3) is 0 Å². The van der Waals surface area contributed by atoms with E-state index in [0.717, 1.165) is 30.0 Å². The zero-order valence-corrected chi connectivity index (χ0v) is 13.3. The first-order valence-electron chi connectivity index (χ1n) is 7.97. The van der Waals surface area contributed by atoms with Crippen LogP contribution in [0.2, 0.25) is 0 Å². The smallest absolute Gasteiger partial charge is 0.164 e. The van der Waals surface area contributed by atoms with E-state index in [1.54, 1.807) is 7.11 Å². The Morgan fingerprint density at radius 2 is 2.00 bits per heavy atom. The van der Waals surface area contributed by atoms with Gasteiger partial charge < -0.3 is 15.2 Å². The number of rotatable bonds is 7. The molecule has 21 heavy (non-hydrogen) atoms. The van der Waals surface area contributed by atoms with Crippen LogP contribution in [0.3, 0.4) is 0 Å². The Morgan fingerprint density at radius 3 is 2.67 bits per heavy atom. The SMILES string of the molecule is COc1cccc(CC(C)N)c1OCCN1CCCCC1. The predicted octanol–water partition coefficient (Wildman–Crippen LogP) is 2.45. The largest absolute Gasteiger partial charge is 0.493 e. The minimum absolute atomic E-state index is 0.113. The fourth-order valence-electron chi connectivity index (χ4n) is 2.85. The highest BCUT2D eigenvalue weighted by atomic mass is 16.5. The van der Waals surface area contributed by atoms with E-state index >= 15 is 0 Å². The summed E-state index contributed by atoms with van der Waals surface area (Å²) < 4.78 is 11.5. The lowest BCUT2D eigenvalue weighted by Gasteiger charge is -2.26. The monoisotopic (exact) mass is 292 g/mol. The third kappa shape index (κ3) is 4.90. The van der Waals surface area contributed by atoms with Crippen LogP contribution in [0.1, 0.15) is 31.7 Å². The number of likely N-dealkylation sites (tertiary alicyclic amines) is 1. The molecule has 1 aromatic carbocycles. The molecule has 1 aromatic rings. The fraction of sp³-hybridized carbons (Fsp3) is 0.647. The van der Waals surface area contributed by atoms with E-state index < -0.39 is 0 Å². The van der Waals surface area contributed by atoms with Crippen LogP contribution in [0.4, 0.5) is 0 Å². The first kappa shape index (κ1) is 16.1. The van der Waals surface area contributed by atoms with Gasteiger partial charge in [-0.3, -0.25) is 4.90 Å². The van der Waals surface area contributed by atoms with E-state index in [2.05, 4.69) is 11.0 Å². The highest BCUT2D eigenvalue weighted by Crippen LogP contribution is 2.31. The van der Waals surface area contributed by atoms with Crippen molar-refractivity contribution in [3.05, 3.63) is 23.8 Å². The molecule has 1 aliphatic rings. The molecule has 0 saturated carbocycles. The van der Waals surface area contributed by atoms with Crippen LogP contribution in [-0.4, -0.2) is 44.3 Å². The van der Waals surface area contributed by atoms with E-state index in [4.69, 9.17) is 15.2 Å². The Labute approximate surface area is 128 Å². The van der Waals surface area contributed by atoms with Crippen LogP contribution in [0.15, 0.2) is 18.2 Å². The van der Waals surface area contributed by atoms with Crippen molar-refractivity contribution in [2.75, 3.05) is 33.4 Å². The third-order valence-corrected chi connectivity index (χ3v) is 3.92. The maximum atomic E-state index is 6.04. The predicted molar refractivity (Wildman–Crippen MR) is 86.1 cm³/mol. The van der Waals surface area contributed by atoms with Gasteiger partial charge in [0.2, 0.25) is 0 Å². The van der Waals surface area contributed by atoms with Crippen molar-refractivity contribution in [1.29, 1.82) is 0 Å². The standard InChI is InChI=1S/C17H28N2O2/c1-14(18)13-15-7-6-8-16(20-2)17(15)21-12-11-19-9-4-3-5-10-19/h6-8,14H,3-5,9-13,18H2,1-2H3. The zero-order chi connectivity index (χ0) is 15.1. The molecule has 0 bridgehead atoms. The van der Waals surface area contributed by atoms with E-state index in [0.29, 0.717) is 6.61 Å². The molecule has 0 aromatic heterocycles. The van der Waals surface area contributed by atoms with Crippen LogP contribution in [0, 0.1) is 0 Å². The molecule has 1 atom stereocenters. The molecule has 4 nitrogen and oxygen atoms in total. The minimum atomic E-state index is 0.113. The Morgan fingerprint density at radius 1 is 1.24 bits per heavy atom. The van der Waals surface area contributed by atoms with Gasteiger partial charge in [0.1, 0.15) is 6.61 Å². The molecule has 2 N–H and O–H groups in total. The molecule has 1 saturated heterocycles. The Hall–Kier alpha value is -1.26. The molecule has 1 aliphatic heterocycles. The maximum Gasteiger partial charge on any atom is 0.164 e. The van der Waals surface area contributed by atoms with Gasteiger partial charge in [0.15, 0.2) is 11.5 Å². The van der Waals surface area contributed by atoms with Crippen molar-refractivity contribution in [2.45, 2.75) is 38.6 Å². The number of ether oxygens (including phenoxy) is 2. The van der Waals surface area contributed by atoms with Gasteiger partial charge in [0, 0.05) is 12.6 Å².